The van der Waals surface area contributed by atoms with Gasteiger partial charge in [-0.2, -0.15) is 4.68 Å². The summed E-state index contributed by atoms with van der Waals surface area (Å²) in [6.45, 7) is 2.24. The minimum absolute atomic E-state index is 0.877. The normalized spacial score (nSPS) is 10.8. The van der Waals surface area contributed by atoms with Crippen molar-refractivity contribution in [1.82, 2.24) is 20.2 Å². The highest BCUT2D eigenvalue weighted by molar-refractivity contribution is 7.99. The van der Waals surface area contributed by atoms with E-state index in [2.05, 4.69) is 22.4 Å². The second kappa shape index (κ2) is 7.94. The van der Waals surface area contributed by atoms with Gasteiger partial charge in [0.1, 0.15) is 0 Å². The minimum Gasteiger partial charge on any atom is -0.188 e. The second-order valence-corrected chi connectivity index (χ2v) is 5.53. The fourth-order valence-corrected chi connectivity index (χ4v) is 2.76. The molecular weight excluding hydrogens is 256 g/mol. The molecule has 0 aliphatic heterocycles. The molecule has 1 aromatic carbocycles. The number of benzene rings is 1. The number of unbranched alkanes of at least 4 members (excludes halogenated alkanes) is 4. The predicted molar refractivity (Wildman–Crippen MR) is 78.6 cm³/mol. The molecule has 0 aliphatic rings. The van der Waals surface area contributed by atoms with Gasteiger partial charge in [0, 0.05) is 5.75 Å². The maximum absolute atomic E-state index is 4.09. The van der Waals surface area contributed by atoms with Gasteiger partial charge in [0.25, 0.3) is 0 Å². The van der Waals surface area contributed by atoms with E-state index in [0.29, 0.717) is 0 Å². The number of thioether (sulfide) groups is 1. The SMILES string of the molecule is CCCCCCCSc1nnnn1-c1ccccc1. The molecule has 2 aromatic rings. The van der Waals surface area contributed by atoms with E-state index in [1.165, 1.54) is 32.1 Å². The van der Waals surface area contributed by atoms with Crippen LogP contribution < -0.4 is 0 Å². The van der Waals surface area contributed by atoms with Gasteiger partial charge in [0.15, 0.2) is 0 Å². The second-order valence-electron chi connectivity index (χ2n) is 4.47. The Morgan fingerprint density at radius 1 is 1.05 bits per heavy atom. The van der Waals surface area contributed by atoms with Gasteiger partial charge in [-0.3, -0.25) is 0 Å². The summed E-state index contributed by atoms with van der Waals surface area (Å²) in [7, 11) is 0. The summed E-state index contributed by atoms with van der Waals surface area (Å²) in [4.78, 5) is 0. The third-order valence-electron chi connectivity index (χ3n) is 2.92. The summed E-state index contributed by atoms with van der Waals surface area (Å²) >= 11 is 1.73. The quantitative estimate of drug-likeness (QED) is 0.544. The van der Waals surface area contributed by atoms with Crippen LogP contribution in [-0.2, 0) is 0 Å². The lowest BCUT2D eigenvalue weighted by molar-refractivity contribution is 0.658. The number of hydrogen-bond donors (Lipinski definition) is 0. The molecule has 0 aliphatic carbocycles. The zero-order valence-electron chi connectivity index (χ0n) is 11.3. The fraction of sp³-hybridized carbons (Fsp3) is 0.500. The molecule has 2 rings (SSSR count). The Morgan fingerprint density at radius 2 is 1.84 bits per heavy atom. The summed E-state index contributed by atoms with van der Waals surface area (Å²) in [6.07, 6.45) is 6.49. The smallest absolute Gasteiger partial charge is 0.188 e. The topological polar surface area (TPSA) is 43.6 Å². The van der Waals surface area contributed by atoms with Gasteiger partial charge in [0.2, 0.25) is 5.16 Å². The zero-order valence-corrected chi connectivity index (χ0v) is 12.1. The molecule has 0 saturated heterocycles. The van der Waals surface area contributed by atoms with Gasteiger partial charge >= 0.3 is 0 Å². The van der Waals surface area contributed by atoms with Crippen LogP contribution in [0.2, 0.25) is 0 Å². The van der Waals surface area contributed by atoms with E-state index in [-0.39, 0.29) is 0 Å². The molecule has 0 radical (unpaired) electrons. The summed E-state index contributed by atoms with van der Waals surface area (Å²) in [5.41, 5.74) is 1.01. The van der Waals surface area contributed by atoms with E-state index in [1.54, 1.807) is 16.4 Å². The average molecular weight is 276 g/mol. The molecule has 0 atom stereocenters. The Morgan fingerprint density at radius 3 is 2.63 bits per heavy atom. The van der Waals surface area contributed by atoms with Crippen molar-refractivity contribution in [2.24, 2.45) is 0 Å². The molecule has 4 nitrogen and oxygen atoms in total. The van der Waals surface area contributed by atoms with Crippen molar-refractivity contribution < 1.29 is 0 Å². The van der Waals surface area contributed by atoms with Gasteiger partial charge in [0.05, 0.1) is 5.69 Å². The summed E-state index contributed by atoms with van der Waals surface area (Å²) in [5.74, 6) is 1.08. The van der Waals surface area contributed by atoms with Gasteiger partial charge < -0.3 is 0 Å². The largest absolute Gasteiger partial charge is 0.214 e. The molecule has 19 heavy (non-hydrogen) atoms. The monoisotopic (exact) mass is 276 g/mol. The lowest BCUT2D eigenvalue weighted by Gasteiger charge is -2.03. The van der Waals surface area contributed by atoms with Gasteiger partial charge in [-0.1, -0.05) is 62.6 Å². The summed E-state index contributed by atoms with van der Waals surface area (Å²) < 4.78 is 1.80. The van der Waals surface area contributed by atoms with E-state index < -0.39 is 0 Å². The number of rotatable bonds is 8. The van der Waals surface area contributed by atoms with Crippen molar-refractivity contribution in [1.29, 1.82) is 0 Å². The Bertz CT molecular complexity index is 469. The van der Waals surface area contributed by atoms with Crippen LogP contribution in [0.15, 0.2) is 35.5 Å². The van der Waals surface area contributed by atoms with Crippen LogP contribution in [0.3, 0.4) is 0 Å². The molecule has 0 amide bonds. The molecule has 0 bridgehead atoms. The third-order valence-corrected chi connectivity index (χ3v) is 3.93. The van der Waals surface area contributed by atoms with Crippen molar-refractivity contribution in [2.75, 3.05) is 5.75 Å². The van der Waals surface area contributed by atoms with Crippen molar-refractivity contribution >= 4 is 11.8 Å². The molecule has 0 unspecified atom stereocenters. The van der Waals surface area contributed by atoms with Crippen LogP contribution in [0.1, 0.15) is 39.0 Å². The van der Waals surface area contributed by atoms with Gasteiger partial charge in [-0.05, 0) is 29.0 Å². The molecule has 0 saturated carbocycles. The Balaban J connectivity index is 1.83. The highest BCUT2D eigenvalue weighted by atomic mass is 32.2. The lowest BCUT2D eigenvalue weighted by Crippen LogP contribution is -1.98. The number of tetrazole rings is 1. The molecule has 0 fully saturated rings. The van der Waals surface area contributed by atoms with Crippen LogP contribution >= 0.6 is 11.8 Å². The number of nitrogens with zero attached hydrogens (tertiary/aromatic N) is 4. The maximum Gasteiger partial charge on any atom is 0.214 e. The summed E-state index contributed by atoms with van der Waals surface area (Å²) in [6, 6.07) is 10.0. The molecule has 1 heterocycles. The van der Waals surface area contributed by atoms with E-state index >= 15 is 0 Å². The van der Waals surface area contributed by atoms with Crippen LogP contribution in [0, 0.1) is 0 Å². The van der Waals surface area contributed by atoms with E-state index in [9.17, 15) is 0 Å². The number of hydrogen-bond acceptors (Lipinski definition) is 4. The molecular formula is C14H20N4S. The van der Waals surface area contributed by atoms with E-state index in [1.807, 2.05) is 30.3 Å². The van der Waals surface area contributed by atoms with Crippen molar-refractivity contribution in [3.8, 4) is 5.69 Å². The Labute approximate surface area is 118 Å². The third kappa shape index (κ3) is 4.35. The van der Waals surface area contributed by atoms with Crippen molar-refractivity contribution in [2.45, 2.75) is 44.2 Å². The highest BCUT2D eigenvalue weighted by Crippen LogP contribution is 2.19. The Kier molecular flexibility index (Phi) is 5.88. The first-order valence-corrected chi connectivity index (χ1v) is 7.87. The van der Waals surface area contributed by atoms with Crippen LogP contribution in [0.5, 0.6) is 0 Å². The lowest BCUT2D eigenvalue weighted by atomic mass is 10.2. The van der Waals surface area contributed by atoms with Crippen molar-refractivity contribution in [3.05, 3.63) is 30.3 Å². The minimum atomic E-state index is 0.877. The number of aromatic nitrogens is 4. The Hall–Kier alpha value is -1.36. The molecule has 0 spiro atoms. The molecule has 1 aromatic heterocycles. The zero-order chi connectivity index (χ0) is 13.3. The maximum atomic E-state index is 4.09. The average Bonchev–Trinajstić information content (AvgIpc) is 2.92. The number of para-hydroxylation sites is 1. The van der Waals surface area contributed by atoms with Gasteiger partial charge in [-0.15, -0.1) is 5.10 Å². The van der Waals surface area contributed by atoms with Gasteiger partial charge in [-0.25, -0.2) is 0 Å². The first-order valence-electron chi connectivity index (χ1n) is 6.88. The first-order chi connectivity index (χ1) is 9.42. The van der Waals surface area contributed by atoms with E-state index in [4.69, 9.17) is 0 Å². The van der Waals surface area contributed by atoms with Crippen molar-refractivity contribution in [3.63, 3.8) is 0 Å². The fourth-order valence-electron chi connectivity index (χ4n) is 1.87. The van der Waals surface area contributed by atoms with Crippen LogP contribution in [0.4, 0.5) is 0 Å². The standard InChI is InChI=1S/C14H20N4S/c1-2-3-4-5-9-12-19-14-15-16-17-18(14)13-10-7-6-8-11-13/h6-8,10-11H,2-5,9,12H2,1H3. The highest BCUT2D eigenvalue weighted by Gasteiger charge is 2.07. The molecule has 5 heteroatoms. The van der Waals surface area contributed by atoms with Crippen LogP contribution in [-0.4, -0.2) is 26.0 Å². The predicted octanol–water partition coefficient (Wildman–Crippen LogP) is 3.72. The molecule has 102 valence electrons. The molecule has 0 N–H and O–H groups in total. The summed E-state index contributed by atoms with van der Waals surface area (Å²) in [5, 5.41) is 12.8. The van der Waals surface area contributed by atoms with E-state index in [0.717, 1.165) is 16.6 Å². The first kappa shape index (κ1) is 14.1. The van der Waals surface area contributed by atoms with Crippen LogP contribution in [0.25, 0.3) is 5.69 Å².